The highest BCUT2D eigenvalue weighted by molar-refractivity contribution is 14.0. The summed E-state index contributed by atoms with van der Waals surface area (Å²) >= 11 is 0. The maximum absolute atomic E-state index is 6.06. The van der Waals surface area contributed by atoms with Crippen molar-refractivity contribution in [2.24, 2.45) is 10.7 Å². The lowest BCUT2D eigenvalue weighted by molar-refractivity contribution is 0.262. The predicted octanol–water partition coefficient (Wildman–Crippen LogP) is 4.12. The molecule has 2 aromatic rings. The summed E-state index contributed by atoms with van der Waals surface area (Å²) in [6.45, 7) is 6.07. The summed E-state index contributed by atoms with van der Waals surface area (Å²) in [5.74, 6) is 2.37. The van der Waals surface area contributed by atoms with Crippen molar-refractivity contribution in [2.75, 3.05) is 19.8 Å². The van der Waals surface area contributed by atoms with E-state index in [9.17, 15) is 0 Å². The Morgan fingerprint density at radius 1 is 1.19 bits per heavy atom. The highest BCUT2D eigenvalue weighted by Crippen LogP contribution is 2.31. The number of para-hydroxylation sites is 2. The van der Waals surface area contributed by atoms with Gasteiger partial charge in [0.05, 0.1) is 19.3 Å². The van der Waals surface area contributed by atoms with Gasteiger partial charge in [-0.1, -0.05) is 36.4 Å². The molecule has 1 heterocycles. The lowest BCUT2D eigenvalue weighted by atomic mass is 10.0. The van der Waals surface area contributed by atoms with Gasteiger partial charge in [-0.25, -0.2) is 0 Å². The van der Waals surface area contributed by atoms with Gasteiger partial charge in [0, 0.05) is 24.9 Å². The zero-order valence-corrected chi connectivity index (χ0v) is 18.2. The van der Waals surface area contributed by atoms with Gasteiger partial charge in [-0.3, -0.25) is 4.99 Å². The number of guanidine groups is 1. The Labute approximate surface area is 178 Å². The molecule has 0 amide bonds. The first kappa shape index (κ1) is 21.3. The third-order valence-corrected chi connectivity index (χ3v) is 4.52. The van der Waals surface area contributed by atoms with Gasteiger partial charge in [-0.15, -0.1) is 24.0 Å². The Kier molecular flexibility index (Phi) is 8.22. The minimum atomic E-state index is 0. The van der Waals surface area contributed by atoms with E-state index in [0.29, 0.717) is 25.7 Å². The van der Waals surface area contributed by atoms with Crippen molar-refractivity contribution in [2.45, 2.75) is 32.7 Å². The first-order valence-corrected chi connectivity index (χ1v) is 9.12. The molecule has 2 aromatic carbocycles. The molecule has 6 heteroatoms. The second-order valence-corrected chi connectivity index (χ2v) is 6.56. The smallest absolute Gasteiger partial charge is 0.189 e. The van der Waals surface area contributed by atoms with Gasteiger partial charge in [-0.05, 0) is 31.0 Å². The van der Waals surface area contributed by atoms with Crippen LogP contribution in [0, 0.1) is 13.8 Å². The number of rotatable bonds is 6. The number of nitrogens with zero attached hydrogens (tertiary/aromatic N) is 1. The Hall–Kier alpha value is -1.96. The van der Waals surface area contributed by atoms with Gasteiger partial charge < -0.3 is 20.5 Å². The van der Waals surface area contributed by atoms with Gasteiger partial charge in [0.1, 0.15) is 11.5 Å². The van der Waals surface area contributed by atoms with Crippen LogP contribution in [0.15, 0.2) is 47.5 Å². The summed E-state index contributed by atoms with van der Waals surface area (Å²) < 4.78 is 11.6. The van der Waals surface area contributed by atoms with Gasteiger partial charge in [0.25, 0.3) is 0 Å². The Morgan fingerprint density at radius 3 is 2.70 bits per heavy atom. The number of hydrogen-bond acceptors (Lipinski definition) is 3. The van der Waals surface area contributed by atoms with Crippen molar-refractivity contribution < 1.29 is 9.47 Å². The van der Waals surface area contributed by atoms with E-state index in [1.165, 1.54) is 0 Å². The number of nitrogens with one attached hydrogen (secondary N) is 1. The van der Waals surface area contributed by atoms with Crippen LogP contribution in [0.4, 0.5) is 0 Å². The number of nitrogens with two attached hydrogens (primary N) is 1. The van der Waals surface area contributed by atoms with E-state index in [2.05, 4.69) is 42.4 Å². The van der Waals surface area contributed by atoms with Crippen molar-refractivity contribution in [3.8, 4) is 11.5 Å². The number of aryl methyl sites for hydroxylation is 2. The molecule has 0 fully saturated rings. The molecule has 0 saturated carbocycles. The number of fused-ring (bicyclic) bond motifs is 1. The fourth-order valence-corrected chi connectivity index (χ4v) is 3.18. The van der Waals surface area contributed by atoms with Crippen LogP contribution < -0.4 is 20.5 Å². The SMILES string of the molecule is Cc1cccc(C)c1OCCCN=C(N)NC1CCOc2ccccc21.I. The van der Waals surface area contributed by atoms with Crippen molar-refractivity contribution in [1.29, 1.82) is 0 Å². The standard InChI is InChI=1S/C21H27N3O2.HI/c1-15-7-5-8-16(2)20(15)26-13-6-12-23-21(22)24-18-11-14-25-19-10-4-3-9-17(18)19;/h3-5,7-10,18H,6,11-14H2,1-2H3,(H3,22,23,24);1H. The molecular weight excluding hydrogens is 453 g/mol. The van der Waals surface area contributed by atoms with Crippen LogP contribution in [0.25, 0.3) is 0 Å². The quantitative estimate of drug-likeness (QED) is 0.282. The molecule has 3 rings (SSSR count). The normalized spacial score (nSPS) is 15.9. The fourth-order valence-electron chi connectivity index (χ4n) is 3.18. The number of aliphatic imine (C=N–C) groups is 1. The maximum Gasteiger partial charge on any atom is 0.189 e. The molecule has 1 atom stereocenters. The fraction of sp³-hybridized carbons (Fsp3) is 0.381. The van der Waals surface area contributed by atoms with Crippen LogP contribution >= 0.6 is 24.0 Å². The summed E-state index contributed by atoms with van der Waals surface area (Å²) in [7, 11) is 0. The van der Waals surface area contributed by atoms with Crippen LogP contribution in [0.5, 0.6) is 11.5 Å². The Bertz CT molecular complexity index is 760. The summed E-state index contributed by atoms with van der Waals surface area (Å²) in [5.41, 5.74) is 9.52. The molecule has 1 unspecified atom stereocenters. The van der Waals surface area contributed by atoms with E-state index in [1.54, 1.807) is 0 Å². The van der Waals surface area contributed by atoms with E-state index in [-0.39, 0.29) is 30.0 Å². The second kappa shape index (κ2) is 10.4. The topological polar surface area (TPSA) is 68.9 Å². The molecule has 146 valence electrons. The average Bonchev–Trinajstić information content (AvgIpc) is 2.64. The monoisotopic (exact) mass is 481 g/mol. The average molecular weight is 481 g/mol. The lowest BCUT2D eigenvalue weighted by Crippen LogP contribution is -2.37. The summed E-state index contributed by atoms with van der Waals surface area (Å²) in [6.07, 6.45) is 1.70. The highest BCUT2D eigenvalue weighted by atomic mass is 127. The zero-order chi connectivity index (χ0) is 18.4. The molecule has 5 nitrogen and oxygen atoms in total. The molecule has 0 saturated heterocycles. The molecule has 0 spiro atoms. The minimum absolute atomic E-state index is 0. The largest absolute Gasteiger partial charge is 0.493 e. The number of benzene rings is 2. The van der Waals surface area contributed by atoms with E-state index >= 15 is 0 Å². The highest BCUT2D eigenvalue weighted by Gasteiger charge is 2.21. The first-order chi connectivity index (χ1) is 12.6. The van der Waals surface area contributed by atoms with Crippen LogP contribution in [0.2, 0.25) is 0 Å². The molecule has 0 aliphatic carbocycles. The zero-order valence-electron chi connectivity index (χ0n) is 15.9. The molecule has 0 bridgehead atoms. The van der Waals surface area contributed by atoms with E-state index < -0.39 is 0 Å². The first-order valence-electron chi connectivity index (χ1n) is 9.12. The van der Waals surface area contributed by atoms with Gasteiger partial charge in [-0.2, -0.15) is 0 Å². The molecule has 3 N–H and O–H groups in total. The van der Waals surface area contributed by atoms with Crippen LogP contribution in [0.1, 0.15) is 35.6 Å². The molecule has 27 heavy (non-hydrogen) atoms. The number of ether oxygens (including phenoxy) is 2. The van der Waals surface area contributed by atoms with E-state index in [4.69, 9.17) is 15.2 Å². The molecule has 1 aliphatic heterocycles. The molecule has 0 radical (unpaired) electrons. The third kappa shape index (κ3) is 5.76. The van der Waals surface area contributed by atoms with E-state index in [1.807, 2.05) is 24.3 Å². The van der Waals surface area contributed by atoms with Gasteiger partial charge >= 0.3 is 0 Å². The lowest BCUT2D eigenvalue weighted by Gasteiger charge is -2.26. The Balaban J connectivity index is 0.00000261. The Morgan fingerprint density at radius 2 is 1.93 bits per heavy atom. The second-order valence-electron chi connectivity index (χ2n) is 6.56. The van der Waals surface area contributed by atoms with Crippen LogP contribution in [-0.4, -0.2) is 25.7 Å². The molecule has 1 aliphatic rings. The van der Waals surface area contributed by atoms with Crippen molar-refractivity contribution >= 4 is 29.9 Å². The minimum Gasteiger partial charge on any atom is -0.493 e. The van der Waals surface area contributed by atoms with Crippen LogP contribution in [-0.2, 0) is 0 Å². The summed E-state index contributed by atoms with van der Waals surface area (Å²) in [5, 5.41) is 3.31. The molecular formula is C21H28IN3O2. The molecule has 0 aromatic heterocycles. The maximum atomic E-state index is 6.06. The number of hydrogen-bond donors (Lipinski definition) is 2. The third-order valence-electron chi connectivity index (χ3n) is 4.52. The van der Waals surface area contributed by atoms with Crippen LogP contribution in [0.3, 0.4) is 0 Å². The van der Waals surface area contributed by atoms with Gasteiger partial charge in [0.15, 0.2) is 5.96 Å². The number of halogens is 1. The summed E-state index contributed by atoms with van der Waals surface area (Å²) in [4.78, 5) is 4.43. The van der Waals surface area contributed by atoms with Crippen molar-refractivity contribution in [3.63, 3.8) is 0 Å². The summed E-state index contributed by atoms with van der Waals surface area (Å²) in [6, 6.07) is 14.4. The van der Waals surface area contributed by atoms with E-state index in [0.717, 1.165) is 41.0 Å². The van der Waals surface area contributed by atoms with Gasteiger partial charge in [0.2, 0.25) is 0 Å². The predicted molar refractivity (Wildman–Crippen MR) is 120 cm³/mol. The van der Waals surface area contributed by atoms with Crippen molar-refractivity contribution in [3.05, 3.63) is 59.2 Å². The van der Waals surface area contributed by atoms with Crippen molar-refractivity contribution in [1.82, 2.24) is 5.32 Å².